The van der Waals surface area contributed by atoms with Gasteiger partial charge < -0.3 is 14.6 Å². The van der Waals surface area contributed by atoms with Crippen LogP contribution in [0.5, 0.6) is 11.5 Å². The van der Waals surface area contributed by atoms with Gasteiger partial charge in [0.15, 0.2) is 0 Å². The van der Waals surface area contributed by atoms with E-state index < -0.39 is 5.97 Å². The van der Waals surface area contributed by atoms with Gasteiger partial charge in [0, 0.05) is 5.56 Å². The lowest BCUT2D eigenvalue weighted by Gasteiger charge is -2.33. The van der Waals surface area contributed by atoms with E-state index in [0.29, 0.717) is 23.8 Å². The Morgan fingerprint density at radius 2 is 1.78 bits per heavy atom. The van der Waals surface area contributed by atoms with Crippen LogP contribution in [0.1, 0.15) is 69.1 Å². The summed E-state index contributed by atoms with van der Waals surface area (Å²) in [6, 6.07) is 18.7. The van der Waals surface area contributed by atoms with Gasteiger partial charge in [0.1, 0.15) is 23.9 Å². The summed E-state index contributed by atoms with van der Waals surface area (Å²) in [6.07, 6.45) is 4.28. The lowest BCUT2D eigenvalue weighted by molar-refractivity contribution is -0.138. The van der Waals surface area contributed by atoms with Crippen molar-refractivity contribution in [3.63, 3.8) is 0 Å². The molecule has 1 saturated carbocycles. The van der Waals surface area contributed by atoms with E-state index in [1.54, 1.807) is 19.2 Å². The fourth-order valence-corrected chi connectivity index (χ4v) is 5.15. The van der Waals surface area contributed by atoms with E-state index in [1.165, 1.54) is 12.5 Å². The Morgan fingerprint density at radius 1 is 1.03 bits per heavy atom. The van der Waals surface area contributed by atoms with E-state index in [4.69, 9.17) is 9.47 Å². The van der Waals surface area contributed by atoms with E-state index in [1.807, 2.05) is 36.4 Å². The first-order valence-electron chi connectivity index (χ1n) is 13.0. The summed E-state index contributed by atoms with van der Waals surface area (Å²) in [7, 11) is 1.58. The molecule has 0 saturated heterocycles. The van der Waals surface area contributed by atoms with Crippen molar-refractivity contribution in [1.82, 2.24) is 0 Å². The molecule has 0 spiro atoms. The highest BCUT2D eigenvalue weighted by molar-refractivity contribution is 5.70. The average molecular weight is 505 g/mol. The topological polar surface area (TPSA) is 55.8 Å². The van der Waals surface area contributed by atoms with Crippen molar-refractivity contribution < 1.29 is 23.8 Å². The van der Waals surface area contributed by atoms with Gasteiger partial charge in [-0.15, -0.1) is 0 Å². The Labute approximate surface area is 219 Å². The monoisotopic (exact) mass is 504 g/mol. The summed E-state index contributed by atoms with van der Waals surface area (Å²) in [4.78, 5) is 11.5. The molecule has 5 heteroatoms. The standard InChI is InChI=1S/C32H37FO4/c1-32(2,3)19-24-16-26(11-13-27(24)29-17-25(36-4)12-14-30(29)33)37-20-21-7-5-10-23(15-21)28(18-31(34)35)22-8-6-9-22/h5,7,10-17,22,28H,6,8-9,18-20H2,1-4H3,(H,34,35). The number of aliphatic carboxylic acids is 1. The molecule has 0 aromatic heterocycles. The van der Waals surface area contributed by atoms with E-state index in [2.05, 4.69) is 26.8 Å². The van der Waals surface area contributed by atoms with Gasteiger partial charge in [-0.05, 0) is 89.1 Å². The predicted octanol–water partition coefficient (Wildman–Crippen LogP) is 8.03. The van der Waals surface area contributed by atoms with Gasteiger partial charge in [0.05, 0.1) is 13.5 Å². The number of hydrogen-bond acceptors (Lipinski definition) is 3. The highest BCUT2D eigenvalue weighted by atomic mass is 19.1. The molecule has 1 fully saturated rings. The van der Waals surface area contributed by atoms with Crippen LogP contribution in [0.15, 0.2) is 60.7 Å². The van der Waals surface area contributed by atoms with Crippen LogP contribution in [0.25, 0.3) is 11.1 Å². The van der Waals surface area contributed by atoms with Crippen LogP contribution in [-0.4, -0.2) is 18.2 Å². The smallest absolute Gasteiger partial charge is 0.303 e. The fourth-order valence-electron chi connectivity index (χ4n) is 5.15. The van der Waals surface area contributed by atoms with Crippen molar-refractivity contribution in [1.29, 1.82) is 0 Å². The zero-order chi connectivity index (χ0) is 26.6. The third kappa shape index (κ3) is 6.91. The molecule has 0 aliphatic heterocycles. The minimum Gasteiger partial charge on any atom is -0.497 e. The number of methoxy groups -OCH3 is 1. The highest BCUT2D eigenvalue weighted by Crippen LogP contribution is 2.41. The molecule has 0 radical (unpaired) electrons. The van der Waals surface area contributed by atoms with Crippen LogP contribution < -0.4 is 9.47 Å². The highest BCUT2D eigenvalue weighted by Gasteiger charge is 2.30. The second kappa shape index (κ2) is 11.4. The molecule has 196 valence electrons. The van der Waals surface area contributed by atoms with Gasteiger partial charge in [-0.1, -0.05) is 57.5 Å². The van der Waals surface area contributed by atoms with Crippen LogP contribution in [0.4, 0.5) is 4.39 Å². The lowest BCUT2D eigenvalue weighted by Crippen LogP contribution is -2.23. The summed E-state index contributed by atoms with van der Waals surface area (Å²) in [5.74, 6) is 0.777. The van der Waals surface area contributed by atoms with Gasteiger partial charge in [-0.2, -0.15) is 0 Å². The number of halogens is 1. The Kier molecular flexibility index (Phi) is 8.21. The number of rotatable bonds is 10. The maximum absolute atomic E-state index is 14.8. The maximum Gasteiger partial charge on any atom is 0.303 e. The van der Waals surface area contributed by atoms with Crippen LogP contribution in [0.3, 0.4) is 0 Å². The summed E-state index contributed by atoms with van der Waals surface area (Å²) >= 11 is 0. The molecule has 3 aromatic rings. The first kappa shape index (κ1) is 26.7. The van der Waals surface area contributed by atoms with Crippen molar-refractivity contribution in [2.45, 2.75) is 65.4 Å². The Bertz CT molecular complexity index is 1240. The molecule has 4 rings (SSSR count). The average Bonchev–Trinajstić information content (AvgIpc) is 2.81. The summed E-state index contributed by atoms with van der Waals surface area (Å²) in [5, 5.41) is 9.44. The van der Waals surface area contributed by atoms with Crippen LogP contribution in [0.2, 0.25) is 0 Å². The molecule has 1 unspecified atom stereocenters. The second-order valence-corrected chi connectivity index (χ2v) is 11.3. The largest absolute Gasteiger partial charge is 0.497 e. The Hall–Kier alpha value is -3.34. The number of carbonyl (C=O) groups is 1. The summed E-state index contributed by atoms with van der Waals surface area (Å²) < 4.78 is 26.3. The molecule has 1 aliphatic carbocycles. The molecular formula is C32H37FO4. The molecule has 0 amide bonds. The number of carboxylic acids is 1. The SMILES string of the molecule is COc1ccc(F)c(-c2ccc(OCc3cccc(C(CC(=O)O)C4CCC4)c3)cc2CC(C)(C)C)c1. The van der Waals surface area contributed by atoms with Gasteiger partial charge in [-0.25, -0.2) is 4.39 Å². The fraction of sp³-hybridized carbons (Fsp3) is 0.406. The van der Waals surface area contributed by atoms with Gasteiger partial charge in [0.25, 0.3) is 0 Å². The van der Waals surface area contributed by atoms with Crippen molar-refractivity contribution >= 4 is 5.97 Å². The normalized spacial score (nSPS) is 14.6. The minimum absolute atomic E-state index is 0.00226. The zero-order valence-electron chi connectivity index (χ0n) is 22.2. The quantitative estimate of drug-likeness (QED) is 0.304. The molecule has 0 bridgehead atoms. The molecular weight excluding hydrogens is 467 g/mol. The predicted molar refractivity (Wildman–Crippen MR) is 145 cm³/mol. The number of benzene rings is 3. The maximum atomic E-state index is 14.8. The van der Waals surface area contributed by atoms with Crippen molar-refractivity contribution in [3.05, 3.63) is 83.2 Å². The molecule has 1 aliphatic rings. The molecule has 1 N–H and O–H groups in total. The van der Waals surface area contributed by atoms with Crippen LogP contribution >= 0.6 is 0 Å². The van der Waals surface area contributed by atoms with Gasteiger partial charge >= 0.3 is 5.97 Å². The van der Waals surface area contributed by atoms with Crippen LogP contribution in [-0.2, 0) is 17.8 Å². The summed E-state index contributed by atoms with van der Waals surface area (Å²) in [6.45, 7) is 6.86. The first-order chi connectivity index (χ1) is 17.6. The van der Waals surface area contributed by atoms with E-state index >= 15 is 0 Å². The first-order valence-corrected chi connectivity index (χ1v) is 13.0. The number of carboxylic acid groups (broad SMARTS) is 1. The second-order valence-electron chi connectivity index (χ2n) is 11.3. The van der Waals surface area contributed by atoms with E-state index in [9.17, 15) is 14.3 Å². The van der Waals surface area contributed by atoms with Gasteiger partial charge in [0.2, 0.25) is 0 Å². The van der Waals surface area contributed by atoms with E-state index in [0.717, 1.165) is 47.3 Å². The third-order valence-corrected chi connectivity index (χ3v) is 7.16. The zero-order valence-corrected chi connectivity index (χ0v) is 22.2. The molecule has 37 heavy (non-hydrogen) atoms. The minimum atomic E-state index is -0.752. The lowest BCUT2D eigenvalue weighted by atomic mass is 9.71. The number of ether oxygens (including phenoxy) is 2. The molecule has 3 aromatic carbocycles. The Morgan fingerprint density at radius 3 is 2.43 bits per heavy atom. The molecule has 0 heterocycles. The van der Waals surface area contributed by atoms with Crippen molar-refractivity contribution in [2.75, 3.05) is 7.11 Å². The Balaban J connectivity index is 1.57. The molecule has 1 atom stereocenters. The van der Waals surface area contributed by atoms with Crippen LogP contribution in [0, 0.1) is 17.2 Å². The number of hydrogen-bond donors (Lipinski definition) is 1. The third-order valence-electron chi connectivity index (χ3n) is 7.16. The summed E-state index contributed by atoms with van der Waals surface area (Å²) in [5.41, 5.74) is 4.43. The molecule has 4 nitrogen and oxygen atoms in total. The van der Waals surface area contributed by atoms with Crippen molar-refractivity contribution in [3.8, 4) is 22.6 Å². The van der Waals surface area contributed by atoms with E-state index in [-0.39, 0.29) is 23.6 Å². The van der Waals surface area contributed by atoms with Crippen molar-refractivity contribution in [2.24, 2.45) is 11.3 Å². The van der Waals surface area contributed by atoms with Gasteiger partial charge in [-0.3, -0.25) is 4.79 Å².